The Kier molecular flexibility index (Phi) is 3.83. The predicted octanol–water partition coefficient (Wildman–Crippen LogP) is 2.92. The Balaban J connectivity index is 1.67. The summed E-state index contributed by atoms with van der Waals surface area (Å²) in [7, 11) is 0. The van der Waals surface area contributed by atoms with Crippen LogP contribution in [0.4, 0.5) is 0 Å². The van der Waals surface area contributed by atoms with Crippen LogP contribution in [0.2, 0.25) is 0 Å². The van der Waals surface area contributed by atoms with E-state index in [1.807, 2.05) is 30.6 Å². The van der Waals surface area contributed by atoms with Gasteiger partial charge in [0.05, 0.1) is 5.75 Å². The summed E-state index contributed by atoms with van der Waals surface area (Å²) < 4.78 is 7.47. The Bertz CT molecular complexity index is 677. The second kappa shape index (κ2) is 5.92. The van der Waals surface area contributed by atoms with E-state index in [-0.39, 0.29) is 0 Å². The van der Waals surface area contributed by atoms with Crippen LogP contribution in [-0.4, -0.2) is 19.7 Å². The maximum atomic E-state index is 5.36. The van der Waals surface area contributed by atoms with E-state index in [1.165, 1.54) is 5.56 Å². The topological polar surface area (TPSA) is 56.7 Å². The molecule has 20 heavy (non-hydrogen) atoms. The van der Waals surface area contributed by atoms with Gasteiger partial charge in [-0.1, -0.05) is 42.1 Å². The second-order valence-corrected chi connectivity index (χ2v) is 5.27. The fourth-order valence-corrected chi connectivity index (χ4v) is 2.65. The minimum Gasteiger partial charge on any atom is -0.425 e. The molecule has 0 spiro atoms. The molecule has 0 saturated heterocycles. The monoisotopic (exact) mass is 286 g/mol. The highest BCUT2D eigenvalue weighted by atomic mass is 32.2. The van der Waals surface area contributed by atoms with E-state index in [0.717, 1.165) is 11.7 Å². The third kappa shape index (κ3) is 3.08. The Hall–Kier alpha value is -2.08. The molecule has 0 radical (unpaired) electrons. The van der Waals surface area contributed by atoms with Crippen molar-refractivity contribution in [2.75, 3.05) is 0 Å². The van der Waals surface area contributed by atoms with Gasteiger partial charge in [0.2, 0.25) is 11.8 Å². The van der Waals surface area contributed by atoms with Crippen LogP contribution in [0.1, 0.15) is 17.3 Å². The first kappa shape index (κ1) is 12.9. The number of hydrogen-bond acceptors (Lipinski definition) is 5. The largest absolute Gasteiger partial charge is 0.425 e. The minimum absolute atomic E-state index is 0.591. The summed E-state index contributed by atoms with van der Waals surface area (Å²) in [5.74, 6) is 1.85. The zero-order valence-electron chi connectivity index (χ0n) is 11.1. The van der Waals surface area contributed by atoms with Gasteiger partial charge < -0.3 is 8.98 Å². The number of aromatic nitrogens is 4. The summed E-state index contributed by atoms with van der Waals surface area (Å²) >= 11 is 1.59. The Morgan fingerprint density at radius 3 is 2.80 bits per heavy atom. The van der Waals surface area contributed by atoms with Crippen molar-refractivity contribution in [1.82, 2.24) is 19.7 Å². The Morgan fingerprint density at radius 1 is 1.20 bits per heavy atom. The third-order valence-corrected chi connectivity index (χ3v) is 3.76. The quantitative estimate of drug-likeness (QED) is 0.675. The van der Waals surface area contributed by atoms with Gasteiger partial charge in [-0.05, 0) is 5.56 Å². The summed E-state index contributed by atoms with van der Waals surface area (Å²) in [5.41, 5.74) is 1.25. The van der Waals surface area contributed by atoms with Crippen LogP contribution < -0.4 is 0 Å². The first-order valence-corrected chi connectivity index (χ1v) is 7.26. The van der Waals surface area contributed by atoms with Gasteiger partial charge in [0, 0.05) is 25.9 Å². The highest BCUT2D eigenvalue weighted by Gasteiger charge is 2.08. The second-order valence-electron chi connectivity index (χ2n) is 4.33. The van der Waals surface area contributed by atoms with Crippen molar-refractivity contribution in [2.24, 2.45) is 0 Å². The molecule has 102 valence electrons. The van der Waals surface area contributed by atoms with Gasteiger partial charge in [-0.3, -0.25) is 0 Å². The number of imidazole rings is 1. The first-order chi connectivity index (χ1) is 9.81. The molecule has 3 aromatic rings. The lowest BCUT2D eigenvalue weighted by molar-refractivity contribution is 0.485. The molecule has 2 aromatic heterocycles. The molecule has 0 aliphatic rings. The van der Waals surface area contributed by atoms with E-state index >= 15 is 0 Å². The number of aryl methyl sites for hydroxylation is 1. The van der Waals surface area contributed by atoms with Crippen LogP contribution in [0.15, 0.2) is 52.3 Å². The average molecular weight is 286 g/mol. The molecular weight excluding hydrogens is 272 g/mol. The molecule has 2 heterocycles. The van der Waals surface area contributed by atoms with Crippen LogP contribution in [0, 0.1) is 6.92 Å². The van der Waals surface area contributed by atoms with Crippen LogP contribution in [0.3, 0.4) is 0 Å². The normalized spacial score (nSPS) is 10.8. The van der Waals surface area contributed by atoms with Crippen molar-refractivity contribution in [3.05, 3.63) is 60.1 Å². The predicted molar refractivity (Wildman–Crippen MR) is 76.4 cm³/mol. The molecule has 0 amide bonds. The summed E-state index contributed by atoms with van der Waals surface area (Å²) in [6.07, 6.45) is 3.79. The Labute approximate surface area is 121 Å². The average Bonchev–Trinajstić information content (AvgIpc) is 3.07. The van der Waals surface area contributed by atoms with Crippen molar-refractivity contribution < 1.29 is 4.42 Å². The van der Waals surface area contributed by atoms with Gasteiger partial charge >= 0.3 is 0 Å². The van der Waals surface area contributed by atoms with Crippen LogP contribution in [0.25, 0.3) is 0 Å². The van der Waals surface area contributed by atoms with Crippen LogP contribution in [-0.2, 0) is 12.3 Å². The lowest BCUT2D eigenvalue weighted by Gasteiger charge is -2.06. The van der Waals surface area contributed by atoms with Gasteiger partial charge in [0.25, 0.3) is 0 Å². The lowest BCUT2D eigenvalue weighted by Crippen LogP contribution is -2.00. The summed E-state index contributed by atoms with van der Waals surface area (Å²) in [5, 5.41) is 8.75. The molecule has 1 aromatic carbocycles. The van der Waals surface area contributed by atoms with E-state index < -0.39 is 0 Å². The molecule has 0 unspecified atom stereocenters. The van der Waals surface area contributed by atoms with Gasteiger partial charge in [0.15, 0.2) is 5.16 Å². The van der Waals surface area contributed by atoms with Crippen molar-refractivity contribution in [1.29, 1.82) is 0 Å². The summed E-state index contributed by atoms with van der Waals surface area (Å²) in [6, 6.07) is 10.3. The highest BCUT2D eigenvalue weighted by molar-refractivity contribution is 7.98. The number of thioether (sulfide) groups is 1. The molecule has 0 aliphatic heterocycles. The minimum atomic E-state index is 0.591. The van der Waals surface area contributed by atoms with E-state index in [0.29, 0.717) is 17.5 Å². The maximum Gasteiger partial charge on any atom is 0.226 e. The van der Waals surface area contributed by atoms with Gasteiger partial charge in [-0.15, -0.1) is 10.2 Å². The molecular formula is C14H14N4OS. The first-order valence-electron chi connectivity index (χ1n) is 6.28. The molecule has 0 saturated carbocycles. The number of hydrogen-bond donors (Lipinski definition) is 0. The van der Waals surface area contributed by atoms with E-state index in [1.54, 1.807) is 18.7 Å². The van der Waals surface area contributed by atoms with E-state index in [9.17, 15) is 0 Å². The zero-order valence-corrected chi connectivity index (χ0v) is 11.9. The smallest absolute Gasteiger partial charge is 0.226 e. The SMILES string of the molecule is Cc1nnc(CSc2nccn2Cc2ccccc2)o1. The summed E-state index contributed by atoms with van der Waals surface area (Å²) in [6.45, 7) is 2.60. The molecule has 6 heteroatoms. The van der Waals surface area contributed by atoms with Crippen molar-refractivity contribution in [3.63, 3.8) is 0 Å². The van der Waals surface area contributed by atoms with E-state index in [4.69, 9.17) is 4.42 Å². The third-order valence-electron chi connectivity index (χ3n) is 2.77. The zero-order chi connectivity index (χ0) is 13.8. The molecule has 0 aliphatic carbocycles. The van der Waals surface area contributed by atoms with Crippen LogP contribution in [0.5, 0.6) is 0 Å². The highest BCUT2D eigenvalue weighted by Crippen LogP contribution is 2.21. The molecule has 0 atom stereocenters. The number of nitrogens with zero attached hydrogens (tertiary/aromatic N) is 4. The van der Waals surface area contributed by atoms with Gasteiger partial charge in [0.1, 0.15) is 0 Å². The molecule has 5 nitrogen and oxygen atoms in total. The molecule has 0 fully saturated rings. The Morgan fingerprint density at radius 2 is 2.05 bits per heavy atom. The van der Waals surface area contributed by atoms with Crippen molar-refractivity contribution >= 4 is 11.8 Å². The fourth-order valence-electron chi connectivity index (χ4n) is 1.86. The van der Waals surface area contributed by atoms with Crippen LogP contribution >= 0.6 is 11.8 Å². The van der Waals surface area contributed by atoms with Gasteiger partial charge in [-0.2, -0.15) is 0 Å². The molecule has 0 bridgehead atoms. The maximum absolute atomic E-state index is 5.36. The standard InChI is InChI=1S/C14H14N4OS/c1-11-16-17-13(19-11)10-20-14-15-7-8-18(14)9-12-5-3-2-4-6-12/h2-8H,9-10H2,1H3. The number of rotatable bonds is 5. The molecule has 3 rings (SSSR count). The van der Waals surface area contributed by atoms with Crippen molar-refractivity contribution in [2.45, 2.75) is 24.4 Å². The fraction of sp³-hybridized carbons (Fsp3) is 0.214. The van der Waals surface area contributed by atoms with E-state index in [2.05, 4.69) is 31.9 Å². The number of benzene rings is 1. The molecule has 0 N–H and O–H groups in total. The van der Waals surface area contributed by atoms with Crippen molar-refractivity contribution in [3.8, 4) is 0 Å². The lowest BCUT2D eigenvalue weighted by atomic mass is 10.2. The van der Waals surface area contributed by atoms with Gasteiger partial charge in [-0.25, -0.2) is 4.98 Å². The summed E-state index contributed by atoms with van der Waals surface area (Å²) in [4.78, 5) is 4.37.